The van der Waals surface area contributed by atoms with Gasteiger partial charge in [-0.1, -0.05) is 34.1 Å². The maximum Gasteiger partial charge on any atom is 0.326 e. The van der Waals surface area contributed by atoms with Gasteiger partial charge in [0, 0.05) is 6.54 Å². The van der Waals surface area contributed by atoms with Crippen LogP contribution < -0.4 is 22.1 Å². The number of rotatable bonds is 13. The Morgan fingerprint density at radius 3 is 2.28 bits per heavy atom. The van der Waals surface area contributed by atoms with Gasteiger partial charge in [0.15, 0.2) is 0 Å². The lowest BCUT2D eigenvalue weighted by Gasteiger charge is -2.30. The molecule has 0 aromatic rings. The van der Waals surface area contributed by atoms with Crippen molar-refractivity contribution in [3.05, 3.63) is 0 Å². The third-order valence-corrected chi connectivity index (χ3v) is 5.69. The van der Waals surface area contributed by atoms with Crippen LogP contribution in [0.4, 0.5) is 0 Å². The number of amides is 3. The Morgan fingerprint density at radius 2 is 1.75 bits per heavy atom. The van der Waals surface area contributed by atoms with Crippen molar-refractivity contribution in [1.82, 2.24) is 15.5 Å². The van der Waals surface area contributed by atoms with Crippen LogP contribution in [0.1, 0.15) is 66.2 Å². The Balaban J connectivity index is 2.82. The highest BCUT2D eigenvalue weighted by Crippen LogP contribution is 2.20. The third kappa shape index (κ3) is 8.38. The molecule has 0 spiro atoms. The Labute approximate surface area is 190 Å². The number of hydrogen-bond acceptors (Lipinski definition) is 6. The summed E-state index contributed by atoms with van der Waals surface area (Å²) >= 11 is 0. The number of unbranched alkanes of at least 4 members (excludes halogenated alkanes) is 1. The molecule has 7 N–H and O–H groups in total. The van der Waals surface area contributed by atoms with Crippen molar-refractivity contribution < 1.29 is 24.3 Å². The predicted octanol–water partition coefficient (Wildman–Crippen LogP) is 0.190. The van der Waals surface area contributed by atoms with Gasteiger partial charge in [0.1, 0.15) is 18.1 Å². The molecule has 184 valence electrons. The first kappa shape index (κ1) is 27.8. The van der Waals surface area contributed by atoms with Crippen LogP contribution in [0.5, 0.6) is 0 Å². The van der Waals surface area contributed by atoms with E-state index in [-0.39, 0.29) is 24.2 Å². The highest BCUT2D eigenvalue weighted by Gasteiger charge is 2.38. The van der Waals surface area contributed by atoms with Crippen molar-refractivity contribution in [1.29, 1.82) is 0 Å². The molecule has 0 bridgehead atoms. The van der Waals surface area contributed by atoms with Crippen LogP contribution in [0.3, 0.4) is 0 Å². The second-order valence-corrected chi connectivity index (χ2v) is 9.34. The Bertz CT molecular complexity index is 655. The summed E-state index contributed by atoms with van der Waals surface area (Å²) in [6.45, 7) is 8.26. The fourth-order valence-electron chi connectivity index (χ4n) is 3.89. The molecule has 0 aliphatic carbocycles. The molecule has 1 aliphatic rings. The Morgan fingerprint density at radius 1 is 1.09 bits per heavy atom. The summed E-state index contributed by atoms with van der Waals surface area (Å²) in [5.41, 5.74) is 11.5. The van der Waals surface area contributed by atoms with Gasteiger partial charge in [-0.25, -0.2) is 4.79 Å². The number of carboxylic acids is 1. The van der Waals surface area contributed by atoms with Gasteiger partial charge in [0.2, 0.25) is 17.7 Å². The molecule has 32 heavy (non-hydrogen) atoms. The molecule has 10 heteroatoms. The lowest BCUT2D eigenvalue weighted by Crippen LogP contribution is -2.58. The molecule has 1 fully saturated rings. The van der Waals surface area contributed by atoms with Gasteiger partial charge in [-0.05, 0) is 50.5 Å². The lowest BCUT2D eigenvalue weighted by atomic mass is 10.00. The number of nitrogens with two attached hydrogens (primary N) is 2. The fourth-order valence-corrected chi connectivity index (χ4v) is 3.89. The van der Waals surface area contributed by atoms with Gasteiger partial charge < -0.3 is 32.1 Å². The van der Waals surface area contributed by atoms with E-state index in [0.29, 0.717) is 32.4 Å². The average molecular weight is 456 g/mol. The first-order chi connectivity index (χ1) is 15.0. The van der Waals surface area contributed by atoms with Crippen LogP contribution in [0.15, 0.2) is 0 Å². The monoisotopic (exact) mass is 455 g/mol. The third-order valence-electron chi connectivity index (χ3n) is 5.69. The van der Waals surface area contributed by atoms with Crippen LogP contribution in [-0.4, -0.2) is 71.0 Å². The van der Waals surface area contributed by atoms with E-state index in [0.717, 1.165) is 12.8 Å². The van der Waals surface area contributed by atoms with Gasteiger partial charge >= 0.3 is 5.97 Å². The quantitative estimate of drug-likeness (QED) is 0.247. The zero-order valence-corrected chi connectivity index (χ0v) is 19.8. The fraction of sp³-hybridized carbons (Fsp3) is 0.818. The highest BCUT2D eigenvalue weighted by atomic mass is 16.4. The lowest BCUT2D eigenvalue weighted by molar-refractivity contribution is -0.143. The van der Waals surface area contributed by atoms with Crippen molar-refractivity contribution in [2.45, 2.75) is 90.4 Å². The molecular weight excluding hydrogens is 414 g/mol. The number of carbonyl (C=O) groups is 4. The predicted molar refractivity (Wildman–Crippen MR) is 121 cm³/mol. The molecule has 1 aliphatic heterocycles. The largest absolute Gasteiger partial charge is 0.480 e. The molecular formula is C22H41N5O5. The van der Waals surface area contributed by atoms with Gasteiger partial charge in [-0.3, -0.25) is 14.4 Å². The topological polar surface area (TPSA) is 168 Å². The van der Waals surface area contributed by atoms with Crippen LogP contribution >= 0.6 is 0 Å². The first-order valence-electron chi connectivity index (χ1n) is 11.6. The molecule has 0 saturated carbocycles. The van der Waals surface area contributed by atoms with Crippen molar-refractivity contribution in [2.75, 3.05) is 13.1 Å². The van der Waals surface area contributed by atoms with Crippen molar-refractivity contribution in [2.24, 2.45) is 23.3 Å². The second kappa shape index (κ2) is 13.4. The molecule has 3 amide bonds. The molecule has 10 nitrogen and oxygen atoms in total. The summed E-state index contributed by atoms with van der Waals surface area (Å²) in [7, 11) is 0. The number of carbonyl (C=O) groups excluding carboxylic acids is 3. The zero-order chi connectivity index (χ0) is 24.4. The molecule has 0 aromatic heterocycles. The minimum atomic E-state index is -1.11. The minimum Gasteiger partial charge on any atom is -0.480 e. The first-order valence-corrected chi connectivity index (χ1v) is 11.6. The van der Waals surface area contributed by atoms with Crippen molar-refractivity contribution in [3.8, 4) is 0 Å². The zero-order valence-electron chi connectivity index (χ0n) is 19.8. The van der Waals surface area contributed by atoms with E-state index in [2.05, 4.69) is 10.6 Å². The van der Waals surface area contributed by atoms with E-state index in [1.807, 2.05) is 13.8 Å². The van der Waals surface area contributed by atoms with Crippen molar-refractivity contribution >= 4 is 23.7 Å². The van der Waals surface area contributed by atoms with E-state index < -0.39 is 42.0 Å². The highest BCUT2D eigenvalue weighted by molar-refractivity contribution is 5.94. The minimum absolute atomic E-state index is 0.0793. The summed E-state index contributed by atoms with van der Waals surface area (Å²) < 4.78 is 0. The number of hydrogen-bond donors (Lipinski definition) is 5. The standard InChI is InChI=1S/C22H41N5O5/c1-13(2)12-16(22(31)32)25-20(29)18(14(3)4)26-19(28)17-9-7-11-27(17)21(30)15(24)8-5-6-10-23/h13-18H,5-12,23-24H2,1-4H3,(H,25,29)(H,26,28)(H,31,32). The number of likely N-dealkylation sites (tertiary alicyclic amines) is 1. The van der Waals surface area contributed by atoms with E-state index in [1.165, 1.54) is 4.90 Å². The molecule has 0 aromatic carbocycles. The van der Waals surface area contributed by atoms with Gasteiger partial charge in [0.05, 0.1) is 6.04 Å². The van der Waals surface area contributed by atoms with Crippen LogP contribution in [0.25, 0.3) is 0 Å². The average Bonchev–Trinajstić information content (AvgIpc) is 3.20. The van der Waals surface area contributed by atoms with E-state index in [9.17, 15) is 24.3 Å². The maximum atomic E-state index is 13.0. The number of carboxylic acid groups (broad SMARTS) is 1. The number of aliphatic carboxylic acids is 1. The molecule has 0 radical (unpaired) electrons. The normalized spacial score (nSPS) is 19.0. The van der Waals surface area contributed by atoms with Gasteiger partial charge in [-0.15, -0.1) is 0 Å². The molecule has 4 unspecified atom stereocenters. The van der Waals surface area contributed by atoms with Gasteiger partial charge in [-0.2, -0.15) is 0 Å². The summed E-state index contributed by atoms with van der Waals surface area (Å²) in [6, 6.07) is -3.32. The van der Waals surface area contributed by atoms with E-state index >= 15 is 0 Å². The van der Waals surface area contributed by atoms with Crippen LogP contribution in [0, 0.1) is 11.8 Å². The molecule has 1 saturated heterocycles. The smallest absolute Gasteiger partial charge is 0.326 e. The summed E-state index contributed by atoms with van der Waals surface area (Å²) in [5, 5.41) is 14.7. The Kier molecular flexibility index (Phi) is 11.6. The van der Waals surface area contributed by atoms with Crippen molar-refractivity contribution in [3.63, 3.8) is 0 Å². The van der Waals surface area contributed by atoms with Crippen LogP contribution in [-0.2, 0) is 19.2 Å². The molecule has 1 rings (SSSR count). The molecule has 1 heterocycles. The van der Waals surface area contributed by atoms with Gasteiger partial charge in [0.25, 0.3) is 0 Å². The number of nitrogens with one attached hydrogen (secondary N) is 2. The summed E-state index contributed by atoms with van der Waals surface area (Å²) in [5.74, 6) is -2.54. The maximum absolute atomic E-state index is 13.0. The SMILES string of the molecule is CC(C)CC(NC(=O)C(NC(=O)C1CCCN1C(=O)C(N)CCCCN)C(C)C)C(=O)O. The second-order valence-electron chi connectivity index (χ2n) is 9.34. The summed E-state index contributed by atoms with van der Waals surface area (Å²) in [6.07, 6.45) is 3.48. The van der Waals surface area contributed by atoms with E-state index in [1.54, 1.807) is 13.8 Å². The number of nitrogens with zero attached hydrogens (tertiary/aromatic N) is 1. The molecule has 4 atom stereocenters. The Hall–Kier alpha value is -2.20. The summed E-state index contributed by atoms with van der Waals surface area (Å²) in [4.78, 5) is 51.6. The van der Waals surface area contributed by atoms with Crippen LogP contribution in [0.2, 0.25) is 0 Å². The van der Waals surface area contributed by atoms with E-state index in [4.69, 9.17) is 11.5 Å².